The summed E-state index contributed by atoms with van der Waals surface area (Å²) in [6.07, 6.45) is 14.5. The van der Waals surface area contributed by atoms with Crippen molar-refractivity contribution in [3.05, 3.63) is 98.1 Å². The van der Waals surface area contributed by atoms with Crippen molar-refractivity contribution < 1.29 is 42.4 Å². The molecule has 0 atom stereocenters. The standard InChI is InChI=1S/2C9H9N3.C7H10N2.3ClH.Os/c2*1-12-7-6-11-9(12)8-4-2-3-5-10-8;1-9(2)7-3-5-8-6-4-7;;;;/h2*2-7H,1H3;3-6H,1-2H3;3*1H;/q;;;;;;+1/p-3. The van der Waals surface area contributed by atoms with E-state index >= 15 is 0 Å². The van der Waals surface area contributed by atoms with Gasteiger partial charge in [-0.1, -0.05) is 12.1 Å². The summed E-state index contributed by atoms with van der Waals surface area (Å²) in [7, 11) is 12.6. The molecule has 37 heavy (non-hydrogen) atoms. The second-order valence-electron chi connectivity index (χ2n) is 7.25. The van der Waals surface area contributed by atoms with Gasteiger partial charge in [0, 0.05) is 83.5 Å². The third kappa shape index (κ3) is 11.4. The maximum atomic E-state index is 4.67. The predicted molar refractivity (Wildman–Crippen MR) is 137 cm³/mol. The van der Waals surface area contributed by atoms with Crippen molar-refractivity contribution in [1.82, 2.24) is 34.1 Å². The third-order valence-electron chi connectivity index (χ3n) is 4.61. The van der Waals surface area contributed by atoms with Crippen molar-refractivity contribution in [3.63, 3.8) is 0 Å². The van der Waals surface area contributed by atoms with E-state index in [0.29, 0.717) is 0 Å². The number of nitrogens with zero attached hydrogens (tertiary/aromatic N) is 8. The molecule has 5 heterocycles. The number of hydrogen-bond acceptors (Lipinski definition) is 6. The number of imidazole rings is 2. The van der Waals surface area contributed by atoms with Gasteiger partial charge in [0.05, 0.1) is 0 Å². The molecular weight excluding hydrogens is 709 g/mol. The molecule has 0 N–H and O–H groups in total. The van der Waals surface area contributed by atoms with Gasteiger partial charge in [-0.15, -0.1) is 0 Å². The molecule has 0 bridgehead atoms. The Morgan fingerprint density at radius 2 is 1.05 bits per heavy atom. The van der Waals surface area contributed by atoms with Crippen LogP contribution in [-0.2, 0) is 31.7 Å². The van der Waals surface area contributed by atoms with Crippen molar-refractivity contribution in [2.45, 2.75) is 0 Å². The van der Waals surface area contributed by atoms with E-state index in [-0.39, 0.29) is 24.8 Å². The minimum atomic E-state index is 0. The first-order valence-corrected chi connectivity index (χ1v) is 13.7. The Labute approximate surface area is 245 Å². The number of halogens is 3. The number of anilines is 1. The van der Waals surface area contributed by atoms with Crippen LogP contribution in [0.3, 0.4) is 0 Å². The van der Waals surface area contributed by atoms with E-state index in [9.17, 15) is 0 Å². The molecule has 0 aliphatic carbocycles. The van der Waals surface area contributed by atoms with E-state index < -0.39 is 0 Å². The summed E-state index contributed by atoms with van der Waals surface area (Å²) in [6.45, 7) is 0. The van der Waals surface area contributed by atoms with Crippen LogP contribution in [0.1, 0.15) is 0 Å². The molecule has 0 aliphatic rings. The van der Waals surface area contributed by atoms with Crippen LogP contribution < -0.4 is 29.7 Å². The second-order valence-corrected chi connectivity index (χ2v) is 7.25. The molecule has 0 saturated carbocycles. The van der Waals surface area contributed by atoms with Gasteiger partial charge in [-0.2, -0.15) is 0 Å². The number of aryl methyl sites for hydroxylation is 2. The molecule has 0 radical (unpaired) electrons. The number of hydrogen-bond donors (Lipinski definition) is 0. The third-order valence-corrected chi connectivity index (χ3v) is 4.61. The molecule has 8 nitrogen and oxygen atoms in total. The van der Waals surface area contributed by atoms with Crippen LogP contribution in [0.5, 0.6) is 0 Å². The Bertz CT molecular complexity index is 1140. The van der Waals surface area contributed by atoms with Gasteiger partial charge in [0.25, 0.3) is 0 Å². The topological polar surface area (TPSA) is 77.5 Å². The molecule has 0 aromatic carbocycles. The van der Waals surface area contributed by atoms with Gasteiger partial charge < -0.3 is 38.8 Å². The molecular formula is C25H28Cl3N8Os-2. The van der Waals surface area contributed by atoms with Crippen LogP contribution in [0.25, 0.3) is 23.0 Å². The van der Waals surface area contributed by atoms with E-state index in [2.05, 4.69) is 34.6 Å². The summed E-state index contributed by atoms with van der Waals surface area (Å²) < 4.78 is 3.89. The Morgan fingerprint density at radius 3 is 1.32 bits per heavy atom. The fourth-order valence-electron chi connectivity index (χ4n) is 2.86. The second kappa shape index (κ2) is 19.3. The van der Waals surface area contributed by atoms with Crippen molar-refractivity contribution >= 4 is 15.3 Å². The number of pyridine rings is 3. The SMILES string of the molecule is CN(C)c1ccncc1.Cn1ccnc1-c1ccccn1.Cn1ccnc1-c1ccccn1.[Cl-].[Cl-].[Cl][Os]. The first-order valence-electron chi connectivity index (χ1n) is 10.5. The predicted octanol–water partition coefficient (Wildman–Crippen LogP) is -1.19. The average molecular weight is 737 g/mol. The van der Waals surface area contributed by atoms with Gasteiger partial charge in [-0.05, 0) is 36.4 Å². The fraction of sp³-hybridized carbons (Fsp3) is 0.160. The Morgan fingerprint density at radius 1 is 0.622 bits per heavy atom. The quantitative estimate of drug-likeness (QED) is 0.232. The zero-order valence-corrected chi connectivity index (χ0v) is 25.6. The van der Waals surface area contributed by atoms with Crippen LogP contribution in [0.4, 0.5) is 5.69 Å². The van der Waals surface area contributed by atoms with E-state index in [4.69, 9.17) is 0 Å². The number of rotatable bonds is 3. The van der Waals surface area contributed by atoms with Gasteiger partial charge >= 0.3 is 27.2 Å². The molecule has 12 heteroatoms. The summed E-state index contributed by atoms with van der Waals surface area (Å²) in [4.78, 5) is 22.7. The fourth-order valence-corrected chi connectivity index (χ4v) is 2.86. The van der Waals surface area contributed by atoms with Crippen LogP contribution in [0.2, 0.25) is 0 Å². The molecule has 199 valence electrons. The molecule has 0 fully saturated rings. The van der Waals surface area contributed by atoms with E-state index in [1.807, 2.05) is 103 Å². The van der Waals surface area contributed by atoms with Gasteiger partial charge in [-0.3, -0.25) is 15.0 Å². The van der Waals surface area contributed by atoms with Gasteiger partial charge in [0.1, 0.15) is 11.4 Å². The molecule has 5 aromatic rings. The molecule has 0 aliphatic heterocycles. The normalized spacial score (nSPS) is 8.92. The minimum absolute atomic E-state index is 0. The van der Waals surface area contributed by atoms with Crippen LogP contribution in [0, 0.1) is 0 Å². The summed E-state index contributed by atoms with van der Waals surface area (Å²) in [5.74, 6) is 1.80. The van der Waals surface area contributed by atoms with Crippen molar-refractivity contribution in [2.75, 3.05) is 19.0 Å². The van der Waals surface area contributed by atoms with Gasteiger partial charge in [0.2, 0.25) is 0 Å². The molecule has 0 saturated heterocycles. The maximum absolute atomic E-state index is 4.67. The molecule has 5 aromatic heterocycles. The molecule has 5 rings (SSSR count). The zero-order chi connectivity index (χ0) is 25.5. The molecule has 0 amide bonds. The van der Waals surface area contributed by atoms with Crippen molar-refractivity contribution in [3.8, 4) is 23.0 Å². The summed E-state index contributed by atoms with van der Waals surface area (Å²) in [5.41, 5.74) is 3.00. The monoisotopic (exact) mass is 737 g/mol. The number of aromatic nitrogens is 7. The van der Waals surface area contributed by atoms with Crippen LogP contribution >= 0.6 is 9.64 Å². The Kier molecular flexibility index (Phi) is 17.8. The first kappa shape index (κ1) is 34.2. The summed E-state index contributed by atoms with van der Waals surface area (Å²) >= 11 is 1.33. The average Bonchev–Trinajstić information content (AvgIpc) is 3.55. The zero-order valence-electron chi connectivity index (χ0n) is 20.8. The molecule has 0 spiro atoms. The first-order chi connectivity index (χ1) is 17.1. The van der Waals surface area contributed by atoms with Crippen LogP contribution in [-0.4, -0.2) is 48.1 Å². The summed E-state index contributed by atoms with van der Waals surface area (Å²) in [6, 6.07) is 15.5. The Balaban J connectivity index is 0.000000500. The Hall–Kier alpha value is -2.82. The van der Waals surface area contributed by atoms with E-state index in [1.54, 1.807) is 37.2 Å². The van der Waals surface area contributed by atoms with E-state index in [0.717, 1.165) is 23.0 Å². The van der Waals surface area contributed by atoms with Gasteiger partial charge in [-0.25, -0.2) is 9.97 Å². The van der Waals surface area contributed by atoms with E-state index in [1.165, 1.54) is 23.3 Å². The molecule has 0 unspecified atom stereocenters. The van der Waals surface area contributed by atoms with Crippen molar-refractivity contribution in [2.24, 2.45) is 14.1 Å². The van der Waals surface area contributed by atoms with Gasteiger partial charge in [0.15, 0.2) is 11.6 Å². The van der Waals surface area contributed by atoms with Crippen molar-refractivity contribution in [1.29, 1.82) is 0 Å². The summed E-state index contributed by atoms with van der Waals surface area (Å²) in [5, 5.41) is 0. The van der Waals surface area contributed by atoms with Crippen LogP contribution in [0.15, 0.2) is 98.1 Å².